The summed E-state index contributed by atoms with van der Waals surface area (Å²) in [6.45, 7) is 4.60. The van der Waals surface area contributed by atoms with Crippen LogP contribution in [-0.2, 0) is 11.3 Å². The minimum atomic E-state index is -0.0520. The van der Waals surface area contributed by atoms with Crippen molar-refractivity contribution in [3.63, 3.8) is 0 Å². The molecular formula is C13H21BrIN3OS. The predicted octanol–water partition coefficient (Wildman–Crippen LogP) is 3.36. The van der Waals surface area contributed by atoms with Gasteiger partial charge in [0.15, 0.2) is 5.96 Å². The lowest BCUT2D eigenvalue weighted by atomic mass is 10.0. The SMILES string of the molecule is CN=C(NCc1cc(Br)cs1)NCC1(C)CCCO1.I. The molecule has 2 rings (SSSR count). The quantitative estimate of drug-likeness (QED) is 0.400. The van der Waals surface area contributed by atoms with Gasteiger partial charge in [-0.1, -0.05) is 0 Å². The van der Waals surface area contributed by atoms with E-state index in [2.05, 4.69) is 49.9 Å². The highest BCUT2D eigenvalue weighted by molar-refractivity contribution is 14.0. The monoisotopic (exact) mass is 473 g/mol. The standard InChI is InChI=1S/C13H20BrN3OS.HI/c1-13(4-3-5-18-13)9-17-12(15-2)16-7-11-6-10(14)8-19-11;/h6,8H,3-5,7,9H2,1-2H3,(H2,15,16,17);1H. The first kappa shape index (κ1) is 18.2. The Labute approximate surface area is 149 Å². The van der Waals surface area contributed by atoms with Gasteiger partial charge in [0.25, 0.3) is 0 Å². The minimum Gasteiger partial charge on any atom is -0.373 e. The number of nitrogens with zero attached hydrogens (tertiary/aromatic N) is 1. The summed E-state index contributed by atoms with van der Waals surface area (Å²) in [6.07, 6.45) is 2.25. The normalized spacial score (nSPS) is 22.4. The third-order valence-electron chi connectivity index (χ3n) is 3.21. The Hall–Kier alpha value is 0.140. The summed E-state index contributed by atoms with van der Waals surface area (Å²) in [4.78, 5) is 5.51. The van der Waals surface area contributed by atoms with E-state index in [0.717, 1.165) is 43.0 Å². The lowest BCUT2D eigenvalue weighted by Gasteiger charge is -2.24. The van der Waals surface area contributed by atoms with Crippen LogP contribution in [0.4, 0.5) is 0 Å². The maximum absolute atomic E-state index is 5.75. The molecule has 1 unspecified atom stereocenters. The van der Waals surface area contributed by atoms with Crippen molar-refractivity contribution in [2.24, 2.45) is 4.99 Å². The molecule has 2 N–H and O–H groups in total. The van der Waals surface area contributed by atoms with Gasteiger partial charge in [0.2, 0.25) is 0 Å². The fourth-order valence-electron chi connectivity index (χ4n) is 2.08. The number of thiophene rings is 1. The summed E-state index contributed by atoms with van der Waals surface area (Å²) in [5, 5.41) is 8.73. The van der Waals surface area contributed by atoms with E-state index in [0.29, 0.717) is 0 Å². The molecule has 0 aromatic carbocycles. The molecule has 4 nitrogen and oxygen atoms in total. The van der Waals surface area contributed by atoms with E-state index in [9.17, 15) is 0 Å². The van der Waals surface area contributed by atoms with E-state index >= 15 is 0 Å². The van der Waals surface area contributed by atoms with Crippen LogP contribution in [0.5, 0.6) is 0 Å². The van der Waals surface area contributed by atoms with Crippen LogP contribution in [0.1, 0.15) is 24.6 Å². The topological polar surface area (TPSA) is 45.7 Å². The number of halogens is 2. The van der Waals surface area contributed by atoms with Crippen molar-refractivity contribution in [1.82, 2.24) is 10.6 Å². The summed E-state index contributed by atoms with van der Waals surface area (Å²) in [5.74, 6) is 0.821. The maximum atomic E-state index is 5.75. The van der Waals surface area contributed by atoms with E-state index in [1.54, 1.807) is 18.4 Å². The zero-order chi connectivity index (χ0) is 13.7. The van der Waals surface area contributed by atoms with Crippen molar-refractivity contribution in [2.45, 2.75) is 31.9 Å². The second-order valence-electron chi connectivity index (χ2n) is 4.91. The molecule has 0 radical (unpaired) electrons. The van der Waals surface area contributed by atoms with Gasteiger partial charge in [0.05, 0.1) is 12.1 Å². The molecule has 0 bridgehead atoms. The largest absolute Gasteiger partial charge is 0.373 e. The van der Waals surface area contributed by atoms with Crippen LogP contribution < -0.4 is 10.6 Å². The fraction of sp³-hybridized carbons (Fsp3) is 0.615. The number of hydrogen-bond acceptors (Lipinski definition) is 3. The summed E-state index contributed by atoms with van der Waals surface area (Å²) >= 11 is 5.19. The van der Waals surface area contributed by atoms with Gasteiger partial charge in [-0.3, -0.25) is 4.99 Å². The van der Waals surface area contributed by atoms with Crippen LogP contribution in [0.3, 0.4) is 0 Å². The molecular weight excluding hydrogens is 453 g/mol. The first-order valence-corrected chi connectivity index (χ1v) is 8.10. The van der Waals surface area contributed by atoms with E-state index in [4.69, 9.17) is 4.74 Å². The Morgan fingerprint density at radius 3 is 2.90 bits per heavy atom. The Morgan fingerprint density at radius 2 is 2.35 bits per heavy atom. The molecule has 7 heteroatoms. The van der Waals surface area contributed by atoms with E-state index in [-0.39, 0.29) is 29.6 Å². The van der Waals surface area contributed by atoms with Crippen molar-refractivity contribution in [1.29, 1.82) is 0 Å². The lowest BCUT2D eigenvalue weighted by Crippen LogP contribution is -2.45. The Kier molecular flexibility index (Phi) is 7.78. The average molecular weight is 474 g/mol. The van der Waals surface area contributed by atoms with Crippen LogP contribution in [0.15, 0.2) is 20.9 Å². The zero-order valence-electron chi connectivity index (χ0n) is 11.7. The van der Waals surface area contributed by atoms with Crippen LogP contribution in [0.25, 0.3) is 0 Å². The van der Waals surface area contributed by atoms with Gasteiger partial charge >= 0.3 is 0 Å². The number of aliphatic imine (C=N–C) groups is 1. The molecule has 2 heterocycles. The number of ether oxygens (including phenoxy) is 1. The van der Waals surface area contributed by atoms with Gasteiger partial charge in [-0.05, 0) is 41.8 Å². The Balaban J connectivity index is 0.00000200. The van der Waals surface area contributed by atoms with Crippen molar-refractivity contribution in [2.75, 3.05) is 20.2 Å². The first-order valence-electron chi connectivity index (χ1n) is 6.43. The molecule has 1 atom stereocenters. The molecule has 1 saturated heterocycles. The molecule has 20 heavy (non-hydrogen) atoms. The average Bonchev–Trinajstić information content (AvgIpc) is 2.99. The van der Waals surface area contributed by atoms with Gasteiger partial charge in [-0.2, -0.15) is 0 Å². The molecule has 0 saturated carbocycles. The van der Waals surface area contributed by atoms with Gasteiger partial charge in [0.1, 0.15) is 0 Å². The highest BCUT2D eigenvalue weighted by atomic mass is 127. The van der Waals surface area contributed by atoms with Crippen molar-refractivity contribution >= 4 is 57.2 Å². The summed E-state index contributed by atoms with van der Waals surface area (Å²) < 4.78 is 6.88. The van der Waals surface area contributed by atoms with E-state index < -0.39 is 0 Å². The molecule has 1 aromatic heterocycles. The molecule has 1 aliphatic heterocycles. The minimum absolute atomic E-state index is 0. The predicted molar refractivity (Wildman–Crippen MR) is 99.2 cm³/mol. The fourth-order valence-corrected chi connectivity index (χ4v) is 3.48. The van der Waals surface area contributed by atoms with Crippen molar-refractivity contribution in [3.05, 3.63) is 20.8 Å². The summed E-state index contributed by atoms with van der Waals surface area (Å²) in [6, 6.07) is 2.12. The molecule has 1 aliphatic rings. The molecule has 0 spiro atoms. The smallest absolute Gasteiger partial charge is 0.191 e. The van der Waals surface area contributed by atoms with Crippen LogP contribution in [0, 0.1) is 0 Å². The molecule has 1 fully saturated rings. The summed E-state index contributed by atoms with van der Waals surface area (Å²) in [5.41, 5.74) is -0.0520. The van der Waals surface area contributed by atoms with Crippen molar-refractivity contribution in [3.8, 4) is 0 Å². The van der Waals surface area contributed by atoms with E-state index in [1.807, 2.05) is 0 Å². The Morgan fingerprint density at radius 1 is 1.55 bits per heavy atom. The second kappa shape index (κ2) is 8.55. The number of guanidine groups is 1. The third-order valence-corrected chi connectivity index (χ3v) is 4.90. The number of rotatable bonds is 4. The van der Waals surface area contributed by atoms with Gasteiger partial charge in [0, 0.05) is 34.9 Å². The van der Waals surface area contributed by atoms with Crippen LogP contribution in [-0.4, -0.2) is 31.8 Å². The Bertz CT molecular complexity index is 447. The maximum Gasteiger partial charge on any atom is 0.191 e. The lowest BCUT2D eigenvalue weighted by molar-refractivity contribution is 0.0243. The van der Waals surface area contributed by atoms with Crippen LogP contribution >= 0.6 is 51.2 Å². The molecule has 114 valence electrons. The summed E-state index contributed by atoms with van der Waals surface area (Å²) in [7, 11) is 1.79. The van der Waals surface area contributed by atoms with E-state index in [1.165, 1.54) is 4.88 Å². The van der Waals surface area contributed by atoms with Gasteiger partial charge < -0.3 is 15.4 Å². The second-order valence-corrected chi connectivity index (χ2v) is 6.82. The number of hydrogen-bond donors (Lipinski definition) is 2. The first-order chi connectivity index (χ1) is 9.11. The van der Waals surface area contributed by atoms with Gasteiger partial charge in [-0.25, -0.2) is 0 Å². The highest BCUT2D eigenvalue weighted by Crippen LogP contribution is 2.23. The zero-order valence-corrected chi connectivity index (χ0v) is 16.5. The highest BCUT2D eigenvalue weighted by Gasteiger charge is 2.29. The molecule has 0 amide bonds. The number of nitrogens with one attached hydrogen (secondary N) is 2. The molecule has 0 aliphatic carbocycles. The molecule has 1 aromatic rings. The third kappa shape index (κ3) is 5.50. The van der Waals surface area contributed by atoms with Crippen LogP contribution in [0.2, 0.25) is 0 Å². The van der Waals surface area contributed by atoms with Crippen molar-refractivity contribution < 1.29 is 4.74 Å². The van der Waals surface area contributed by atoms with Gasteiger partial charge in [-0.15, -0.1) is 35.3 Å².